The lowest BCUT2D eigenvalue weighted by Gasteiger charge is -2.12. The van der Waals surface area contributed by atoms with E-state index < -0.39 is 0 Å². The molecule has 0 saturated carbocycles. The van der Waals surface area contributed by atoms with Crippen molar-refractivity contribution in [3.05, 3.63) is 21.3 Å². The number of hydrogen-bond acceptors (Lipinski definition) is 3. The number of aliphatic hydroxyl groups excluding tert-OH is 1. The molecule has 0 saturated heterocycles. The van der Waals surface area contributed by atoms with E-state index in [0.29, 0.717) is 12.4 Å². The van der Waals surface area contributed by atoms with Crippen LogP contribution in [0.5, 0.6) is 11.5 Å². The summed E-state index contributed by atoms with van der Waals surface area (Å²) in [6.45, 7) is 2.51. The van der Waals surface area contributed by atoms with Crippen molar-refractivity contribution in [3.8, 4) is 11.5 Å². The quantitative estimate of drug-likeness (QED) is 0.867. The molecule has 0 spiro atoms. The van der Waals surface area contributed by atoms with Gasteiger partial charge in [0.05, 0.1) is 23.9 Å². The average molecular weight is 308 g/mol. The van der Waals surface area contributed by atoms with E-state index in [2.05, 4.69) is 22.6 Å². The summed E-state index contributed by atoms with van der Waals surface area (Å²) in [5, 5.41) is 9.02. The van der Waals surface area contributed by atoms with Crippen LogP contribution in [0.15, 0.2) is 12.1 Å². The first-order chi connectivity index (χ1) is 6.72. The summed E-state index contributed by atoms with van der Waals surface area (Å²) in [5.41, 5.74) is 0.832. The number of benzene rings is 1. The molecule has 1 aromatic rings. The second kappa shape index (κ2) is 5.41. The molecule has 0 heterocycles. The SMILES string of the molecule is CCOc1cc(CO)cc(I)c1OC. The molecular formula is C10H13IO3. The topological polar surface area (TPSA) is 38.7 Å². The first-order valence-electron chi connectivity index (χ1n) is 4.33. The fourth-order valence-electron chi connectivity index (χ4n) is 1.17. The summed E-state index contributed by atoms with van der Waals surface area (Å²) in [4.78, 5) is 0. The summed E-state index contributed by atoms with van der Waals surface area (Å²) in [5.74, 6) is 1.41. The lowest BCUT2D eigenvalue weighted by atomic mass is 10.2. The average Bonchev–Trinajstić information content (AvgIpc) is 2.18. The van der Waals surface area contributed by atoms with E-state index in [1.54, 1.807) is 13.2 Å². The molecule has 4 heteroatoms. The van der Waals surface area contributed by atoms with Gasteiger partial charge in [-0.3, -0.25) is 0 Å². The van der Waals surface area contributed by atoms with E-state index in [-0.39, 0.29) is 6.61 Å². The highest BCUT2D eigenvalue weighted by Crippen LogP contribution is 2.33. The Balaban J connectivity index is 3.13. The number of halogens is 1. The zero-order valence-corrected chi connectivity index (χ0v) is 10.4. The van der Waals surface area contributed by atoms with Crippen molar-refractivity contribution in [1.29, 1.82) is 0 Å². The number of aliphatic hydroxyl groups is 1. The fourth-order valence-corrected chi connectivity index (χ4v) is 2.06. The lowest BCUT2D eigenvalue weighted by molar-refractivity contribution is 0.277. The van der Waals surface area contributed by atoms with Crippen LogP contribution in [0.1, 0.15) is 12.5 Å². The molecule has 0 aliphatic rings. The zero-order chi connectivity index (χ0) is 10.6. The maximum absolute atomic E-state index is 9.02. The van der Waals surface area contributed by atoms with Crippen LogP contribution in [0.4, 0.5) is 0 Å². The summed E-state index contributed by atoms with van der Waals surface area (Å²) in [6, 6.07) is 3.67. The Morgan fingerprint density at radius 1 is 1.43 bits per heavy atom. The molecule has 0 unspecified atom stereocenters. The largest absolute Gasteiger partial charge is 0.492 e. The van der Waals surface area contributed by atoms with Gasteiger partial charge in [-0.1, -0.05) is 0 Å². The van der Waals surface area contributed by atoms with Crippen molar-refractivity contribution in [2.75, 3.05) is 13.7 Å². The molecule has 0 aromatic heterocycles. The van der Waals surface area contributed by atoms with Crippen LogP contribution in [0, 0.1) is 3.57 Å². The summed E-state index contributed by atoms with van der Waals surface area (Å²) >= 11 is 2.16. The van der Waals surface area contributed by atoms with Crippen LogP contribution in [0.2, 0.25) is 0 Å². The number of ether oxygens (including phenoxy) is 2. The van der Waals surface area contributed by atoms with Gasteiger partial charge < -0.3 is 14.6 Å². The van der Waals surface area contributed by atoms with Crippen molar-refractivity contribution in [2.45, 2.75) is 13.5 Å². The van der Waals surface area contributed by atoms with Crippen LogP contribution in [-0.4, -0.2) is 18.8 Å². The highest BCUT2D eigenvalue weighted by Gasteiger charge is 2.10. The molecule has 1 N–H and O–H groups in total. The van der Waals surface area contributed by atoms with Gasteiger partial charge in [-0.25, -0.2) is 0 Å². The summed E-state index contributed by atoms with van der Waals surface area (Å²) in [7, 11) is 1.61. The Bertz CT molecular complexity index is 312. The Kier molecular flexibility index (Phi) is 4.47. The molecule has 0 bridgehead atoms. The van der Waals surface area contributed by atoms with E-state index in [1.165, 1.54) is 0 Å². The zero-order valence-electron chi connectivity index (χ0n) is 8.21. The smallest absolute Gasteiger partial charge is 0.174 e. The van der Waals surface area contributed by atoms with Gasteiger partial charge >= 0.3 is 0 Å². The van der Waals surface area contributed by atoms with E-state index in [4.69, 9.17) is 14.6 Å². The molecule has 0 atom stereocenters. The maximum atomic E-state index is 9.02. The van der Waals surface area contributed by atoms with Crippen molar-refractivity contribution < 1.29 is 14.6 Å². The first kappa shape index (κ1) is 11.6. The minimum Gasteiger partial charge on any atom is -0.492 e. The van der Waals surface area contributed by atoms with Gasteiger partial charge in [0, 0.05) is 0 Å². The van der Waals surface area contributed by atoms with Crippen molar-refractivity contribution >= 4 is 22.6 Å². The standard InChI is InChI=1S/C10H13IO3/c1-3-14-9-5-7(6-12)4-8(11)10(9)13-2/h4-5,12H,3,6H2,1-2H3. The minimum atomic E-state index is 0.0140. The van der Waals surface area contributed by atoms with Gasteiger partial charge in [0.15, 0.2) is 11.5 Å². The van der Waals surface area contributed by atoms with Crippen LogP contribution < -0.4 is 9.47 Å². The normalized spacial score (nSPS) is 10.0. The maximum Gasteiger partial charge on any atom is 0.174 e. The minimum absolute atomic E-state index is 0.0140. The molecule has 0 aliphatic carbocycles. The van der Waals surface area contributed by atoms with Gasteiger partial charge in [0.1, 0.15) is 0 Å². The van der Waals surface area contributed by atoms with Gasteiger partial charge in [0.25, 0.3) is 0 Å². The Morgan fingerprint density at radius 2 is 2.14 bits per heavy atom. The third-order valence-corrected chi connectivity index (χ3v) is 2.56. The number of rotatable bonds is 4. The van der Waals surface area contributed by atoms with E-state index >= 15 is 0 Å². The Labute approximate surface area is 97.2 Å². The van der Waals surface area contributed by atoms with Crippen LogP contribution >= 0.6 is 22.6 Å². The Hall–Kier alpha value is -0.490. The van der Waals surface area contributed by atoms with Crippen molar-refractivity contribution in [1.82, 2.24) is 0 Å². The Morgan fingerprint density at radius 3 is 2.64 bits per heavy atom. The van der Waals surface area contributed by atoms with Gasteiger partial charge in [-0.05, 0) is 47.2 Å². The monoisotopic (exact) mass is 308 g/mol. The molecule has 0 aliphatic heterocycles. The molecular weight excluding hydrogens is 295 g/mol. The van der Waals surface area contributed by atoms with E-state index in [9.17, 15) is 0 Å². The van der Waals surface area contributed by atoms with Crippen LogP contribution in [0.3, 0.4) is 0 Å². The molecule has 78 valence electrons. The lowest BCUT2D eigenvalue weighted by Crippen LogP contribution is -1.98. The highest BCUT2D eigenvalue weighted by atomic mass is 127. The molecule has 0 fully saturated rings. The second-order valence-corrected chi connectivity index (χ2v) is 3.86. The predicted molar refractivity (Wildman–Crippen MR) is 62.8 cm³/mol. The predicted octanol–water partition coefficient (Wildman–Crippen LogP) is 2.19. The van der Waals surface area contributed by atoms with Crippen molar-refractivity contribution in [2.24, 2.45) is 0 Å². The van der Waals surface area contributed by atoms with Gasteiger partial charge in [0.2, 0.25) is 0 Å². The number of methoxy groups -OCH3 is 1. The third kappa shape index (κ3) is 2.51. The molecule has 3 nitrogen and oxygen atoms in total. The molecule has 1 rings (SSSR count). The van der Waals surface area contributed by atoms with E-state index in [0.717, 1.165) is 14.9 Å². The van der Waals surface area contributed by atoms with Gasteiger partial charge in [-0.2, -0.15) is 0 Å². The van der Waals surface area contributed by atoms with Crippen LogP contribution in [-0.2, 0) is 6.61 Å². The highest BCUT2D eigenvalue weighted by molar-refractivity contribution is 14.1. The first-order valence-corrected chi connectivity index (χ1v) is 5.40. The molecule has 1 aromatic carbocycles. The summed E-state index contributed by atoms with van der Waals surface area (Å²) < 4.78 is 11.6. The number of hydrogen-bond donors (Lipinski definition) is 1. The molecule has 0 radical (unpaired) electrons. The fraction of sp³-hybridized carbons (Fsp3) is 0.400. The van der Waals surface area contributed by atoms with Gasteiger partial charge in [-0.15, -0.1) is 0 Å². The molecule has 14 heavy (non-hydrogen) atoms. The van der Waals surface area contributed by atoms with Crippen molar-refractivity contribution in [3.63, 3.8) is 0 Å². The van der Waals surface area contributed by atoms with Crippen LogP contribution in [0.25, 0.3) is 0 Å². The molecule has 0 amide bonds. The van der Waals surface area contributed by atoms with E-state index in [1.807, 2.05) is 13.0 Å². The second-order valence-electron chi connectivity index (χ2n) is 2.70. The summed E-state index contributed by atoms with van der Waals surface area (Å²) in [6.07, 6.45) is 0. The third-order valence-electron chi connectivity index (χ3n) is 1.76.